The van der Waals surface area contributed by atoms with Crippen LogP contribution in [-0.4, -0.2) is 10.7 Å². The molecule has 4 aliphatic carbocycles. The highest BCUT2D eigenvalue weighted by Crippen LogP contribution is 2.65. The predicted octanol–water partition coefficient (Wildman–Crippen LogP) is 5.91. The van der Waals surface area contributed by atoms with Gasteiger partial charge in [-0.2, -0.15) is 0 Å². The summed E-state index contributed by atoms with van der Waals surface area (Å²) in [5, 5.41) is 10.8. The second-order valence-electron chi connectivity index (χ2n) is 11.1. The quantitative estimate of drug-likeness (QED) is 0.633. The number of rotatable bonds is 1. The summed E-state index contributed by atoms with van der Waals surface area (Å²) >= 11 is 0. The Bertz CT molecular complexity index is 480. The Labute approximate surface area is 150 Å². The summed E-state index contributed by atoms with van der Waals surface area (Å²) in [6.45, 7) is 12.0. The van der Waals surface area contributed by atoms with Crippen molar-refractivity contribution in [3.63, 3.8) is 0 Å². The maximum absolute atomic E-state index is 10.8. The molecule has 0 aromatic rings. The largest absolute Gasteiger partial charge is 0.390 e. The molecule has 0 bridgehead atoms. The Kier molecular flexibility index (Phi) is 4.15. The minimum absolute atomic E-state index is 0.409. The van der Waals surface area contributed by atoms with Crippen molar-refractivity contribution in [1.82, 2.24) is 0 Å². The van der Waals surface area contributed by atoms with Crippen LogP contribution in [-0.2, 0) is 0 Å². The summed E-state index contributed by atoms with van der Waals surface area (Å²) in [7, 11) is 0. The van der Waals surface area contributed by atoms with Gasteiger partial charge in [0.05, 0.1) is 5.60 Å². The first-order valence-corrected chi connectivity index (χ1v) is 11.0. The summed E-state index contributed by atoms with van der Waals surface area (Å²) in [6.07, 6.45) is 11.2. The van der Waals surface area contributed by atoms with Crippen molar-refractivity contribution in [2.75, 3.05) is 0 Å². The molecular formula is C23H40O. The van der Waals surface area contributed by atoms with Crippen LogP contribution in [0.15, 0.2) is 0 Å². The van der Waals surface area contributed by atoms with Crippen molar-refractivity contribution in [2.24, 2.45) is 52.8 Å². The van der Waals surface area contributed by atoms with E-state index in [0.29, 0.717) is 11.3 Å². The van der Waals surface area contributed by atoms with Crippen molar-refractivity contribution in [3.8, 4) is 0 Å². The molecule has 1 nitrogen and oxygen atoms in total. The topological polar surface area (TPSA) is 20.2 Å². The zero-order valence-corrected chi connectivity index (χ0v) is 16.7. The standard InChI is InChI=1S/C23H40O/c1-14(2)20-8-9-21-18-7-6-16-13-23(5,24)15(3)12-19(16)17(18)10-11-22(20,21)4/h14-21,24H,6-13H2,1-5H3/t15-,16-,17-,18+,19-,20+,21-,22+,23-/m0/s1. The molecule has 0 unspecified atom stereocenters. The van der Waals surface area contributed by atoms with Crippen molar-refractivity contribution >= 4 is 0 Å². The minimum atomic E-state index is -0.409. The van der Waals surface area contributed by atoms with Crippen LogP contribution in [0.5, 0.6) is 0 Å². The second-order valence-corrected chi connectivity index (χ2v) is 11.1. The van der Waals surface area contributed by atoms with Gasteiger partial charge in [-0.05, 0) is 111 Å². The van der Waals surface area contributed by atoms with E-state index >= 15 is 0 Å². The fourth-order valence-electron chi connectivity index (χ4n) is 8.38. The third-order valence-corrected chi connectivity index (χ3v) is 9.76. The fraction of sp³-hybridized carbons (Fsp3) is 1.00. The lowest BCUT2D eigenvalue weighted by molar-refractivity contribution is -0.124. The van der Waals surface area contributed by atoms with Crippen molar-refractivity contribution in [3.05, 3.63) is 0 Å². The second kappa shape index (κ2) is 5.73. The zero-order valence-electron chi connectivity index (χ0n) is 16.7. The SMILES string of the molecule is CC(C)[C@H]1CC[C@H]2[C@@H]3CC[C@H]4C[C@](C)(O)[C@@H](C)C[C@@H]4[C@H]3CC[C@]12C. The molecule has 24 heavy (non-hydrogen) atoms. The molecule has 0 saturated heterocycles. The number of fused-ring (bicyclic) bond motifs is 5. The molecular weight excluding hydrogens is 292 g/mol. The van der Waals surface area contributed by atoms with Gasteiger partial charge in [-0.15, -0.1) is 0 Å². The molecule has 1 heteroatoms. The molecule has 9 atom stereocenters. The molecule has 1 N–H and O–H groups in total. The monoisotopic (exact) mass is 332 g/mol. The number of hydrogen-bond acceptors (Lipinski definition) is 1. The van der Waals surface area contributed by atoms with Crippen LogP contribution < -0.4 is 0 Å². The molecule has 0 aromatic carbocycles. The Hall–Kier alpha value is -0.0400. The minimum Gasteiger partial charge on any atom is -0.390 e. The van der Waals surface area contributed by atoms with Crippen molar-refractivity contribution < 1.29 is 5.11 Å². The van der Waals surface area contributed by atoms with Gasteiger partial charge in [0.1, 0.15) is 0 Å². The van der Waals surface area contributed by atoms with E-state index in [1.807, 2.05) is 0 Å². The molecule has 0 radical (unpaired) electrons. The zero-order chi connectivity index (χ0) is 17.3. The van der Waals surface area contributed by atoms with Gasteiger partial charge >= 0.3 is 0 Å². The summed E-state index contributed by atoms with van der Waals surface area (Å²) in [5.74, 6) is 7.02. The van der Waals surface area contributed by atoms with E-state index in [2.05, 4.69) is 34.6 Å². The van der Waals surface area contributed by atoms with Crippen molar-refractivity contribution in [2.45, 2.75) is 91.6 Å². The molecule has 4 aliphatic rings. The maximum atomic E-state index is 10.8. The lowest BCUT2D eigenvalue weighted by Gasteiger charge is -2.58. The first-order chi connectivity index (χ1) is 11.2. The van der Waals surface area contributed by atoms with Crippen LogP contribution in [0.25, 0.3) is 0 Å². The van der Waals surface area contributed by atoms with Crippen LogP contribution in [0.2, 0.25) is 0 Å². The molecule has 4 fully saturated rings. The third kappa shape index (κ3) is 2.43. The summed E-state index contributed by atoms with van der Waals surface area (Å²) < 4.78 is 0. The highest BCUT2D eigenvalue weighted by atomic mass is 16.3. The first kappa shape index (κ1) is 17.4. The lowest BCUT2D eigenvalue weighted by Crippen LogP contribution is -2.52. The third-order valence-electron chi connectivity index (χ3n) is 9.76. The van der Waals surface area contributed by atoms with E-state index in [1.165, 1.54) is 44.9 Å². The summed E-state index contributed by atoms with van der Waals surface area (Å²) in [6, 6.07) is 0. The molecule has 0 aromatic heterocycles. The summed E-state index contributed by atoms with van der Waals surface area (Å²) in [4.78, 5) is 0. The number of aliphatic hydroxyl groups is 1. The van der Waals surface area contributed by atoms with Gasteiger partial charge < -0.3 is 5.11 Å². The van der Waals surface area contributed by atoms with E-state index in [1.54, 1.807) is 0 Å². The molecule has 0 heterocycles. The Balaban J connectivity index is 1.56. The lowest BCUT2D eigenvalue weighted by atomic mass is 9.48. The van der Waals surface area contributed by atoms with Gasteiger partial charge in [-0.3, -0.25) is 0 Å². The first-order valence-electron chi connectivity index (χ1n) is 11.0. The van der Waals surface area contributed by atoms with E-state index in [0.717, 1.165) is 47.8 Å². The van der Waals surface area contributed by atoms with E-state index in [-0.39, 0.29) is 0 Å². The van der Waals surface area contributed by atoms with Crippen LogP contribution in [0.3, 0.4) is 0 Å². The Morgan fingerprint density at radius 2 is 1.67 bits per heavy atom. The van der Waals surface area contributed by atoms with Gasteiger partial charge in [0.2, 0.25) is 0 Å². The highest BCUT2D eigenvalue weighted by molar-refractivity contribution is 5.07. The molecule has 138 valence electrons. The Morgan fingerprint density at radius 1 is 0.917 bits per heavy atom. The smallest absolute Gasteiger partial charge is 0.0648 e. The fourth-order valence-corrected chi connectivity index (χ4v) is 8.38. The predicted molar refractivity (Wildman–Crippen MR) is 101 cm³/mol. The average molecular weight is 333 g/mol. The van der Waals surface area contributed by atoms with Crippen LogP contribution >= 0.6 is 0 Å². The molecule has 0 spiro atoms. The van der Waals surface area contributed by atoms with Crippen LogP contribution in [0.4, 0.5) is 0 Å². The molecule has 0 amide bonds. The molecule has 0 aliphatic heterocycles. The van der Waals surface area contributed by atoms with Crippen molar-refractivity contribution in [1.29, 1.82) is 0 Å². The van der Waals surface area contributed by atoms with Crippen LogP contribution in [0.1, 0.15) is 86.0 Å². The molecule has 4 rings (SSSR count). The molecule has 4 saturated carbocycles. The van der Waals surface area contributed by atoms with Gasteiger partial charge in [0, 0.05) is 0 Å². The van der Waals surface area contributed by atoms with Crippen LogP contribution in [0, 0.1) is 52.8 Å². The van der Waals surface area contributed by atoms with Gasteiger partial charge in [0.25, 0.3) is 0 Å². The Morgan fingerprint density at radius 3 is 2.38 bits per heavy atom. The van der Waals surface area contributed by atoms with E-state index in [4.69, 9.17) is 0 Å². The maximum Gasteiger partial charge on any atom is 0.0648 e. The van der Waals surface area contributed by atoms with Gasteiger partial charge in [-0.25, -0.2) is 0 Å². The number of hydrogen-bond donors (Lipinski definition) is 1. The highest BCUT2D eigenvalue weighted by Gasteiger charge is 2.58. The van der Waals surface area contributed by atoms with Gasteiger partial charge in [-0.1, -0.05) is 27.7 Å². The normalized spacial score (nSPS) is 57.4. The average Bonchev–Trinajstić information content (AvgIpc) is 2.85. The van der Waals surface area contributed by atoms with E-state index < -0.39 is 5.60 Å². The van der Waals surface area contributed by atoms with E-state index in [9.17, 15) is 5.11 Å². The summed E-state index contributed by atoms with van der Waals surface area (Å²) in [5.41, 5.74) is 0.223. The van der Waals surface area contributed by atoms with Gasteiger partial charge in [0.15, 0.2) is 0 Å².